The number of rotatable bonds is 2. The van der Waals surface area contributed by atoms with Crippen LogP contribution in [0.2, 0.25) is 0 Å². The Morgan fingerprint density at radius 2 is 1.85 bits per heavy atom. The van der Waals surface area contributed by atoms with E-state index < -0.39 is 0 Å². The van der Waals surface area contributed by atoms with Crippen LogP contribution in [0.15, 0.2) is 48.8 Å². The SMILES string of the molecule is [NH3+]Cc1cccc(-n2cccc2)c1. The van der Waals surface area contributed by atoms with Gasteiger partial charge in [-0.25, -0.2) is 0 Å². The van der Waals surface area contributed by atoms with Gasteiger partial charge in [-0.2, -0.15) is 0 Å². The zero-order valence-corrected chi connectivity index (χ0v) is 7.48. The Hall–Kier alpha value is -1.54. The molecule has 66 valence electrons. The Labute approximate surface area is 77.6 Å². The van der Waals surface area contributed by atoms with E-state index in [1.807, 2.05) is 24.5 Å². The molecule has 1 heterocycles. The molecule has 1 aromatic carbocycles. The van der Waals surface area contributed by atoms with E-state index in [0.717, 1.165) is 6.54 Å². The van der Waals surface area contributed by atoms with Crippen molar-refractivity contribution in [1.29, 1.82) is 0 Å². The molecule has 2 aromatic rings. The summed E-state index contributed by atoms with van der Waals surface area (Å²) in [6.07, 6.45) is 4.09. The highest BCUT2D eigenvalue weighted by Crippen LogP contribution is 2.09. The lowest BCUT2D eigenvalue weighted by molar-refractivity contribution is -0.386. The van der Waals surface area contributed by atoms with Crippen molar-refractivity contribution in [3.8, 4) is 5.69 Å². The fourth-order valence-electron chi connectivity index (χ4n) is 1.38. The first-order valence-electron chi connectivity index (χ1n) is 4.41. The van der Waals surface area contributed by atoms with Crippen molar-refractivity contribution >= 4 is 0 Å². The maximum absolute atomic E-state index is 3.87. The molecule has 0 amide bonds. The summed E-state index contributed by atoms with van der Waals surface area (Å²) >= 11 is 0. The van der Waals surface area contributed by atoms with Crippen molar-refractivity contribution in [1.82, 2.24) is 4.57 Å². The van der Waals surface area contributed by atoms with Crippen LogP contribution in [0.3, 0.4) is 0 Å². The summed E-state index contributed by atoms with van der Waals surface area (Å²) in [5.41, 5.74) is 6.34. The molecule has 2 rings (SSSR count). The fraction of sp³-hybridized carbons (Fsp3) is 0.0909. The minimum atomic E-state index is 0.842. The van der Waals surface area contributed by atoms with Gasteiger partial charge in [0.25, 0.3) is 0 Å². The second-order valence-corrected chi connectivity index (χ2v) is 3.01. The minimum Gasteiger partial charge on any atom is -0.354 e. The highest BCUT2D eigenvalue weighted by atomic mass is 14.9. The van der Waals surface area contributed by atoms with Gasteiger partial charge in [-0.3, -0.25) is 0 Å². The third kappa shape index (κ3) is 1.63. The molecule has 0 unspecified atom stereocenters. The molecule has 2 nitrogen and oxygen atoms in total. The number of benzene rings is 1. The van der Waals surface area contributed by atoms with Crippen molar-refractivity contribution in [2.24, 2.45) is 0 Å². The first-order valence-corrected chi connectivity index (χ1v) is 4.41. The van der Waals surface area contributed by atoms with E-state index in [1.165, 1.54) is 11.3 Å². The highest BCUT2D eigenvalue weighted by molar-refractivity contribution is 5.36. The Balaban J connectivity index is 2.41. The first kappa shape index (κ1) is 8.08. The van der Waals surface area contributed by atoms with Gasteiger partial charge >= 0.3 is 0 Å². The lowest BCUT2D eigenvalue weighted by Crippen LogP contribution is -2.47. The van der Waals surface area contributed by atoms with E-state index in [4.69, 9.17) is 0 Å². The number of quaternary nitrogens is 1. The molecule has 0 aliphatic carbocycles. The van der Waals surface area contributed by atoms with Gasteiger partial charge in [0.15, 0.2) is 0 Å². The largest absolute Gasteiger partial charge is 0.354 e. The molecule has 0 radical (unpaired) electrons. The van der Waals surface area contributed by atoms with Gasteiger partial charge in [-0.15, -0.1) is 0 Å². The monoisotopic (exact) mass is 173 g/mol. The van der Waals surface area contributed by atoms with Crippen LogP contribution < -0.4 is 5.73 Å². The molecule has 0 bridgehead atoms. The molecule has 0 aliphatic rings. The molecule has 0 aliphatic heterocycles. The quantitative estimate of drug-likeness (QED) is 0.708. The predicted octanol–water partition coefficient (Wildman–Crippen LogP) is 1.22. The maximum Gasteiger partial charge on any atom is 0.0998 e. The highest BCUT2D eigenvalue weighted by Gasteiger charge is 1.95. The van der Waals surface area contributed by atoms with E-state index >= 15 is 0 Å². The molecule has 0 atom stereocenters. The number of hydrogen-bond acceptors (Lipinski definition) is 0. The van der Waals surface area contributed by atoms with Crippen LogP contribution in [0.4, 0.5) is 0 Å². The lowest BCUT2D eigenvalue weighted by Gasteiger charge is -2.03. The van der Waals surface area contributed by atoms with Crippen molar-refractivity contribution in [3.05, 3.63) is 54.4 Å². The average Bonchev–Trinajstić information content (AvgIpc) is 2.71. The molecule has 3 N–H and O–H groups in total. The van der Waals surface area contributed by atoms with E-state index in [1.54, 1.807) is 0 Å². The minimum absolute atomic E-state index is 0.842. The molecule has 13 heavy (non-hydrogen) atoms. The molecule has 0 saturated heterocycles. The molecular weight excluding hydrogens is 160 g/mol. The second-order valence-electron chi connectivity index (χ2n) is 3.01. The summed E-state index contributed by atoms with van der Waals surface area (Å²) in [6.45, 7) is 0.842. The summed E-state index contributed by atoms with van der Waals surface area (Å²) in [7, 11) is 0. The van der Waals surface area contributed by atoms with Crippen LogP contribution in [-0.4, -0.2) is 4.57 Å². The molecule has 2 heteroatoms. The Morgan fingerprint density at radius 3 is 2.54 bits per heavy atom. The second kappa shape index (κ2) is 3.46. The van der Waals surface area contributed by atoms with Crippen LogP contribution in [0.5, 0.6) is 0 Å². The van der Waals surface area contributed by atoms with Gasteiger partial charge in [0, 0.05) is 23.6 Å². The molecular formula is C11H13N2+. The zero-order chi connectivity index (χ0) is 9.10. The molecule has 0 spiro atoms. The lowest BCUT2D eigenvalue weighted by atomic mass is 10.2. The summed E-state index contributed by atoms with van der Waals surface area (Å²) in [5, 5.41) is 0. The summed E-state index contributed by atoms with van der Waals surface area (Å²) in [5.74, 6) is 0. The van der Waals surface area contributed by atoms with Crippen LogP contribution in [0.1, 0.15) is 5.56 Å². The fourth-order valence-corrected chi connectivity index (χ4v) is 1.38. The summed E-state index contributed by atoms with van der Waals surface area (Å²) in [6, 6.07) is 12.5. The summed E-state index contributed by atoms with van der Waals surface area (Å²) in [4.78, 5) is 0. The van der Waals surface area contributed by atoms with Crippen LogP contribution in [0.25, 0.3) is 5.69 Å². The van der Waals surface area contributed by atoms with E-state index in [2.05, 4.69) is 34.6 Å². The van der Waals surface area contributed by atoms with E-state index in [-0.39, 0.29) is 0 Å². The van der Waals surface area contributed by atoms with Gasteiger partial charge < -0.3 is 10.3 Å². The number of aromatic nitrogens is 1. The average molecular weight is 173 g/mol. The number of hydrogen-bond donors (Lipinski definition) is 1. The predicted molar refractivity (Wildman–Crippen MR) is 52.4 cm³/mol. The van der Waals surface area contributed by atoms with Crippen LogP contribution in [-0.2, 0) is 6.54 Å². The zero-order valence-electron chi connectivity index (χ0n) is 7.48. The van der Waals surface area contributed by atoms with Crippen LogP contribution in [0, 0.1) is 0 Å². The summed E-state index contributed by atoms with van der Waals surface area (Å²) < 4.78 is 2.10. The molecule has 0 fully saturated rings. The Bertz CT molecular complexity index is 377. The Morgan fingerprint density at radius 1 is 1.08 bits per heavy atom. The van der Waals surface area contributed by atoms with Crippen molar-refractivity contribution < 1.29 is 5.73 Å². The van der Waals surface area contributed by atoms with Crippen molar-refractivity contribution in [2.45, 2.75) is 6.54 Å². The standard InChI is InChI=1S/C11H12N2/c12-9-10-4-3-5-11(8-10)13-6-1-2-7-13/h1-8H,9,12H2/p+1. The van der Waals surface area contributed by atoms with Crippen molar-refractivity contribution in [3.63, 3.8) is 0 Å². The number of nitrogens with zero attached hydrogens (tertiary/aromatic N) is 1. The van der Waals surface area contributed by atoms with E-state index in [9.17, 15) is 0 Å². The molecule has 0 saturated carbocycles. The first-order chi connectivity index (χ1) is 6.40. The Kier molecular flexibility index (Phi) is 2.15. The van der Waals surface area contributed by atoms with E-state index in [0.29, 0.717) is 0 Å². The third-order valence-corrected chi connectivity index (χ3v) is 2.10. The van der Waals surface area contributed by atoms with Gasteiger partial charge in [0.1, 0.15) is 0 Å². The smallest absolute Gasteiger partial charge is 0.0998 e. The topological polar surface area (TPSA) is 32.6 Å². The van der Waals surface area contributed by atoms with Gasteiger partial charge in [-0.05, 0) is 24.3 Å². The van der Waals surface area contributed by atoms with Gasteiger partial charge in [-0.1, -0.05) is 12.1 Å². The molecule has 1 aromatic heterocycles. The van der Waals surface area contributed by atoms with Crippen LogP contribution >= 0.6 is 0 Å². The van der Waals surface area contributed by atoms with Gasteiger partial charge in [0.2, 0.25) is 0 Å². The van der Waals surface area contributed by atoms with Crippen molar-refractivity contribution in [2.75, 3.05) is 0 Å². The maximum atomic E-state index is 3.87. The van der Waals surface area contributed by atoms with Gasteiger partial charge in [0.05, 0.1) is 6.54 Å². The normalized spacial score (nSPS) is 10.2. The third-order valence-electron chi connectivity index (χ3n) is 2.10.